The maximum Gasteiger partial charge on any atom is 0.129 e. The molecule has 2 rings (SSSR count). The molecule has 0 amide bonds. The van der Waals surface area contributed by atoms with Crippen LogP contribution in [0, 0.1) is 0 Å². The van der Waals surface area contributed by atoms with Gasteiger partial charge >= 0.3 is 0 Å². The van der Waals surface area contributed by atoms with Gasteiger partial charge in [0.25, 0.3) is 0 Å². The van der Waals surface area contributed by atoms with Gasteiger partial charge in [-0.3, -0.25) is 0 Å². The normalized spacial score (nSPS) is 17.2. The van der Waals surface area contributed by atoms with Gasteiger partial charge < -0.3 is 19.7 Å². The number of hydrogen-bond donors (Lipinski definition) is 2. The van der Waals surface area contributed by atoms with Gasteiger partial charge in [0.15, 0.2) is 0 Å². The average Bonchev–Trinajstić information content (AvgIpc) is 2.87. The summed E-state index contributed by atoms with van der Waals surface area (Å²) in [6, 6.07) is 3.74. The molecule has 1 aromatic heterocycles. The Kier molecular flexibility index (Phi) is 5.71. The number of aliphatic hydroxyl groups is 1. The molecule has 1 aromatic rings. The quantitative estimate of drug-likeness (QED) is 0.726. The van der Waals surface area contributed by atoms with Crippen molar-refractivity contribution in [3.8, 4) is 0 Å². The fourth-order valence-electron chi connectivity index (χ4n) is 2.42. The Morgan fingerprint density at radius 1 is 1.17 bits per heavy atom. The Labute approximate surface area is 109 Å². The van der Waals surface area contributed by atoms with Crippen molar-refractivity contribution in [2.45, 2.75) is 38.8 Å². The van der Waals surface area contributed by atoms with E-state index < -0.39 is 0 Å². The summed E-state index contributed by atoms with van der Waals surface area (Å²) >= 11 is 0. The third kappa shape index (κ3) is 4.44. The van der Waals surface area contributed by atoms with Gasteiger partial charge in [0, 0.05) is 0 Å². The number of nitrogens with one attached hydrogen (secondary N) is 1. The van der Waals surface area contributed by atoms with E-state index >= 15 is 0 Å². The first-order valence-electron chi connectivity index (χ1n) is 7.00. The van der Waals surface area contributed by atoms with Gasteiger partial charge in [0.2, 0.25) is 0 Å². The molecule has 4 heteroatoms. The second-order valence-electron chi connectivity index (χ2n) is 4.96. The zero-order chi connectivity index (χ0) is 12.6. The number of furan rings is 1. The number of hydrogen-bond acceptors (Lipinski definition) is 4. The molecule has 0 atom stereocenters. The number of piperidine rings is 1. The van der Waals surface area contributed by atoms with Crippen LogP contribution >= 0.6 is 0 Å². The zero-order valence-corrected chi connectivity index (χ0v) is 11.0. The summed E-state index contributed by atoms with van der Waals surface area (Å²) < 4.78 is 5.41. The van der Waals surface area contributed by atoms with E-state index in [1.165, 1.54) is 45.3 Å². The minimum absolute atomic E-state index is 0.0189. The Bertz CT molecular complexity index is 332. The van der Waals surface area contributed by atoms with E-state index in [4.69, 9.17) is 9.52 Å². The molecule has 0 aromatic carbocycles. The molecule has 2 N–H and O–H groups in total. The first-order chi connectivity index (χ1) is 8.88. The molecule has 0 unspecified atom stereocenters. The molecule has 1 fully saturated rings. The summed E-state index contributed by atoms with van der Waals surface area (Å²) in [4.78, 5) is 2.56. The van der Waals surface area contributed by atoms with Crippen molar-refractivity contribution in [1.82, 2.24) is 10.2 Å². The largest absolute Gasteiger partial charge is 0.462 e. The van der Waals surface area contributed by atoms with Crippen LogP contribution in [0.3, 0.4) is 0 Å². The first-order valence-corrected chi connectivity index (χ1v) is 7.00. The van der Waals surface area contributed by atoms with E-state index in [0.717, 1.165) is 18.8 Å². The molecular weight excluding hydrogens is 228 g/mol. The van der Waals surface area contributed by atoms with Crippen LogP contribution in [0.4, 0.5) is 0 Å². The monoisotopic (exact) mass is 252 g/mol. The van der Waals surface area contributed by atoms with Crippen LogP contribution in [-0.4, -0.2) is 36.2 Å². The molecule has 2 heterocycles. The summed E-state index contributed by atoms with van der Waals surface area (Å²) in [6.07, 6.45) is 5.32. The standard InChI is InChI=1S/C14H24N2O2/c17-12-14-6-5-13(18-14)11-15-7-4-10-16-8-2-1-3-9-16/h5-6,15,17H,1-4,7-12H2. The van der Waals surface area contributed by atoms with E-state index in [-0.39, 0.29) is 6.61 Å². The topological polar surface area (TPSA) is 48.6 Å². The molecule has 0 aliphatic carbocycles. The minimum Gasteiger partial charge on any atom is -0.462 e. The lowest BCUT2D eigenvalue weighted by Gasteiger charge is -2.26. The molecule has 1 saturated heterocycles. The lowest BCUT2D eigenvalue weighted by Crippen LogP contribution is -2.32. The van der Waals surface area contributed by atoms with Crippen molar-refractivity contribution in [3.63, 3.8) is 0 Å². The summed E-state index contributed by atoms with van der Waals surface area (Å²) in [7, 11) is 0. The van der Waals surface area contributed by atoms with Crippen molar-refractivity contribution in [3.05, 3.63) is 23.7 Å². The van der Waals surface area contributed by atoms with Gasteiger partial charge in [-0.1, -0.05) is 6.42 Å². The van der Waals surface area contributed by atoms with E-state index in [9.17, 15) is 0 Å². The maximum atomic E-state index is 8.89. The van der Waals surface area contributed by atoms with Crippen molar-refractivity contribution >= 4 is 0 Å². The Balaban J connectivity index is 1.52. The lowest BCUT2D eigenvalue weighted by atomic mass is 10.1. The van der Waals surface area contributed by atoms with Gasteiger partial charge in [-0.05, 0) is 57.6 Å². The van der Waals surface area contributed by atoms with Crippen LogP contribution in [-0.2, 0) is 13.2 Å². The fraction of sp³-hybridized carbons (Fsp3) is 0.714. The van der Waals surface area contributed by atoms with Crippen LogP contribution in [0.2, 0.25) is 0 Å². The van der Waals surface area contributed by atoms with Crippen LogP contribution in [0.5, 0.6) is 0 Å². The highest BCUT2D eigenvalue weighted by Gasteiger charge is 2.08. The molecule has 4 nitrogen and oxygen atoms in total. The van der Waals surface area contributed by atoms with Crippen LogP contribution in [0.25, 0.3) is 0 Å². The molecule has 102 valence electrons. The van der Waals surface area contributed by atoms with Crippen molar-refractivity contribution in [1.29, 1.82) is 0 Å². The van der Waals surface area contributed by atoms with E-state index in [2.05, 4.69) is 10.2 Å². The minimum atomic E-state index is -0.0189. The van der Waals surface area contributed by atoms with Crippen molar-refractivity contribution in [2.24, 2.45) is 0 Å². The summed E-state index contributed by atoms with van der Waals surface area (Å²) in [6.45, 7) is 5.50. The highest BCUT2D eigenvalue weighted by atomic mass is 16.4. The van der Waals surface area contributed by atoms with E-state index in [1.807, 2.05) is 12.1 Å². The van der Waals surface area contributed by atoms with Crippen LogP contribution in [0.1, 0.15) is 37.2 Å². The van der Waals surface area contributed by atoms with Crippen molar-refractivity contribution < 1.29 is 9.52 Å². The third-order valence-corrected chi connectivity index (χ3v) is 3.45. The van der Waals surface area contributed by atoms with Gasteiger partial charge in [0.05, 0.1) is 6.54 Å². The van der Waals surface area contributed by atoms with Gasteiger partial charge in [-0.2, -0.15) is 0 Å². The molecular formula is C14H24N2O2. The first kappa shape index (κ1) is 13.6. The summed E-state index contributed by atoms with van der Waals surface area (Å²) in [5, 5.41) is 12.3. The van der Waals surface area contributed by atoms with E-state index in [1.54, 1.807) is 0 Å². The van der Waals surface area contributed by atoms with Gasteiger partial charge in [-0.15, -0.1) is 0 Å². The molecule has 0 spiro atoms. The summed E-state index contributed by atoms with van der Waals surface area (Å²) in [5.41, 5.74) is 0. The third-order valence-electron chi connectivity index (χ3n) is 3.45. The summed E-state index contributed by atoms with van der Waals surface area (Å²) in [5.74, 6) is 1.54. The Morgan fingerprint density at radius 2 is 1.94 bits per heavy atom. The lowest BCUT2D eigenvalue weighted by molar-refractivity contribution is 0.225. The number of nitrogens with zero attached hydrogens (tertiary/aromatic N) is 1. The SMILES string of the molecule is OCc1ccc(CNCCCN2CCCCC2)o1. The highest BCUT2D eigenvalue weighted by molar-refractivity contribution is 5.05. The number of likely N-dealkylation sites (tertiary alicyclic amines) is 1. The second-order valence-corrected chi connectivity index (χ2v) is 4.96. The van der Waals surface area contributed by atoms with Crippen LogP contribution < -0.4 is 5.32 Å². The number of aliphatic hydroxyl groups excluding tert-OH is 1. The zero-order valence-electron chi connectivity index (χ0n) is 11.0. The predicted octanol–water partition coefficient (Wildman–Crippen LogP) is 1.74. The molecule has 0 radical (unpaired) electrons. The highest BCUT2D eigenvalue weighted by Crippen LogP contribution is 2.09. The Morgan fingerprint density at radius 3 is 2.67 bits per heavy atom. The molecule has 1 aliphatic heterocycles. The number of rotatable bonds is 7. The predicted molar refractivity (Wildman–Crippen MR) is 71.2 cm³/mol. The molecule has 18 heavy (non-hydrogen) atoms. The second kappa shape index (κ2) is 7.56. The van der Waals surface area contributed by atoms with E-state index in [0.29, 0.717) is 5.76 Å². The smallest absolute Gasteiger partial charge is 0.129 e. The maximum absolute atomic E-state index is 8.89. The van der Waals surface area contributed by atoms with Gasteiger partial charge in [-0.25, -0.2) is 0 Å². The van der Waals surface area contributed by atoms with Crippen LogP contribution in [0.15, 0.2) is 16.5 Å². The molecule has 0 saturated carbocycles. The fourth-order valence-corrected chi connectivity index (χ4v) is 2.42. The van der Waals surface area contributed by atoms with Crippen molar-refractivity contribution in [2.75, 3.05) is 26.2 Å². The average molecular weight is 252 g/mol. The molecule has 0 bridgehead atoms. The van der Waals surface area contributed by atoms with Gasteiger partial charge in [0.1, 0.15) is 18.1 Å². The molecule has 1 aliphatic rings. The Hall–Kier alpha value is -0.840.